The van der Waals surface area contributed by atoms with Crippen LogP contribution in [0.5, 0.6) is 0 Å². The maximum atomic E-state index is 10.4. The van der Waals surface area contributed by atoms with Crippen molar-refractivity contribution in [2.24, 2.45) is 0 Å². The molecule has 0 saturated carbocycles. The predicted octanol–water partition coefficient (Wildman–Crippen LogP) is 4.80. The summed E-state index contributed by atoms with van der Waals surface area (Å²) in [4.78, 5) is 0. The first-order valence-electron chi connectivity index (χ1n) is 5.69. The van der Waals surface area contributed by atoms with Crippen molar-refractivity contribution in [3.63, 3.8) is 0 Å². The fraction of sp³-hybridized carbons (Fsp3) is 0.200. The van der Waals surface area contributed by atoms with Gasteiger partial charge in [0.1, 0.15) is 6.10 Å². The van der Waals surface area contributed by atoms with Gasteiger partial charge in [-0.25, -0.2) is 0 Å². The van der Waals surface area contributed by atoms with E-state index in [1.807, 2.05) is 50.2 Å². The largest absolute Gasteiger partial charge is 0.384 e. The van der Waals surface area contributed by atoms with Crippen LogP contribution in [0, 0.1) is 13.8 Å². The summed E-state index contributed by atoms with van der Waals surface area (Å²) >= 11 is 9.55. The van der Waals surface area contributed by atoms with Crippen molar-refractivity contribution in [3.05, 3.63) is 68.1 Å². The van der Waals surface area contributed by atoms with Gasteiger partial charge < -0.3 is 5.11 Å². The molecule has 0 amide bonds. The van der Waals surface area contributed by atoms with E-state index in [0.717, 1.165) is 31.7 Å². The molecule has 18 heavy (non-hydrogen) atoms. The van der Waals surface area contributed by atoms with Gasteiger partial charge in [-0.15, -0.1) is 0 Å². The molecule has 0 aromatic heterocycles. The van der Waals surface area contributed by atoms with Gasteiger partial charge in [0.15, 0.2) is 0 Å². The van der Waals surface area contributed by atoms with Crippen LogP contribution in [0.25, 0.3) is 0 Å². The Morgan fingerprint density at radius 1 is 1.06 bits per heavy atom. The first kappa shape index (κ1) is 13.6. The molecule has 1 atom stereocenters. The van der Waals surface area contributed by atoms with Crippen molar-refractivity contribution in [1.82, 2.24) is 0 Å². The standard InChI is InChI=1S/C15H14BrClO/c1-9-6-12(7-10(2)14(9)17)15(18)11-4-3-5-13(16)8-11/h3-8,15,18H,1-2H3. The number of hydrogen-bond acceptors (Lipinski definition) is 1. The second-order valence-electron chi connectivity index (χ2n) is 4.43. The van der Waals surface area contributed by atoms with Crippen LogP contribution >= 0.6 is 27.5 Å². The average Bonchev–Trinajstić information content (AvgIpc) is 2.34. The fourth-order valence-corrected chi connectivity index (χ4v) is 2.53. The lowest BCUT2D eigenvalue weighted by molar-refractivity contribution is 0.220. The Morgan fingerprint density at radius 2 is 1.67 bits per heavy atom. The maximum Gasteiger partial charge on any atom is 0.104 e. The highest BCUT2D eigenvalue weighted by Gasteiger charge is 2.13. The van der Waals surface area contributed by atoms with Crippen molar-refractivity contribution in [1.29, 1.82) is 0 Å². The molecule has 2 aromatic rings. The highest BCUT2D eigenvalue weighted by molar-refractivity contribution is 9.10. The Balaban J connectivity index is 2.43. The molecule has 0 fully saturated rings. The van der Waals surface area contributed by atoms with Gasteiger partial charge in [0, 0.05) is 9.50 Å². The maximum absolute atomic E-state index is 10.4. The molecule has 0 aliphatic heterocycles. The highest BCUT2D eigenvalue weighted by atomic mass is 79.9. The monoisotopic (exact) mass is 324 g/mol. The molecule has 94 valence electrons. The van der Waals surface area contributed by atoms with Crippen LogP contribution in [0.2, 0.25) is 5.02 Å². The minimum absolute atomic E-state index is 0.628. The van der Waals surface area contributed by atoms with Crippen molar-refractivity contribution in [2.75, 3.05) is 0 Å². The van der Waals surface area contributed by atoms with E-state index in [0.29, 0.717) is 0 Å². The van der Waals surface area contributed by atoms with Gasteiger partial charge in [-0.05, 0) is 48.2 Å². The Kier molecular flexibility index (Phi) is 4.10. The molecule has 2 rings (SSSR count). The summed E-state index contributed by atoms with van der Waals surface area (Å²) in [7, 11) is 0. The zero-order chi connectivity index (χ0) is 13.3. The second kappa shape index (κ2) is 5.43. The summed E-state index contributed by atoms with van der Waals surface area (Å²) in [6.45, 7) is 3.90. The zero-order valence-electron chi connectivity index (χ0n) is 10.2. The molecule has 1 unspecified atom stereocenters. The number of aryl methyl sites for hydroxylation is 2. The van der Waals surface area contributed by atoms with E-state index in [1.54, 1.807) is 0 Å². The molecule has 1 N–H and O–H groups in total. The summed E-state index contributed by atoms with van der Waals surface area (Å²) in [5.74, 6) is 0. The number of hydrogen-bond donors (Lipinski definition) is 1. The van der Waals surface area contributed by atoms with Crippen LogP contribution in [0.4, 0.5) is 0 Å². The van der Waals surface area contributed by atoms with E-state index in [-0.39, 0.29) is 0 Å². The number of benzene rings is 2. The first-order valence-corrected chi connectivity index (χ1v) is 6.86. The van der Waals surface area contributed by atoms with Crippen molar-refractivity contribution >= 4 is 27.5 Å². The van der Waals surface area contributed by atoms with E-state index in [9.17, 15) is 5.11 Å². The number of rotatable bonds is 2. The van der Waals surface area contributed by atoms with Crippen LogP contribution in [0.3, 0.4) is 0 Å². The molecule has 0 aliphatic rings. The lowest BCUT2D eigenvalue weighted by Gasteiger charge is -2.14. The molecule has 0 saturated heterocycles. The first-order chi connectivity index (χ1) is 8.49. The second-order valence-corrected chi connectivity index (χ2v) is 5.72. The molecular formula is C15H14BrClO. The van der Waals surface area contributed by atoms with Gasteiger partial charge in [0.2, 0.25) is 0 Å². The van der Waals surface area contributed by atoms with Gasteiger partial charge in [-0.1, -0.05) is 51.8 Å². The molecule has 1 nitrogen and oxygen atoms in total. The van der Waals surface area contributed by atoms with E-state index >= 15 is 0 Å². The van der Waals surface area contributed by atoms with Crippen LogP contribution in [0.1, 0.15) is 28.4 Å². The van der Waals surface area contributed by atoms with E-state index < -0.39 is 6.10 Å². The quantitative estimate of drug-likeness (QED) is 0.841. The van der Waals surface area contributed by atoms with Crippen LogP contribution in [-0.4, -0.2) is 5.11 Å². The number of aliphatic hydroxyl groups is 1. The van der Waals surface area contributed by atoms with Crippen molar-refractivity contribution in [3.8, 4) is 0 Å². The summed E-state index contributed by atoms with van der Waals surface area (Å²) in [5, 5.41) is 11.2. The smallest absolute Gasteiger partial charge is 0.104 e. The fourth-order valence-electron chi connectivity index (χ4n) is 2.01. The van der Waals surface area contributed by atoms with Gasteiger partial charge in [0.25, 0.3) is 0 Å². The van der Waals surface area contributed by atoms with Gasteiger partial charge in [0.05, 0.1) is 0 Å². The van der Waals surface area contributed by atoms with Gasteiger partial charge in [-0.2, -0.15) is 0 Å². The van der Waals surface area contributed by atoms with Crippen molar-refractivity contribution in [2.45, 2.75) is 20.0 Å². The van der Waals surface area contributed by atoms with Crippen LogP contribution in [-0.2, 0) is 0 Å². The Labute approximate surface area is 121 Å². The minimum Gasteiger partial charge on any atom is -0.384 e. The summed E-state index contributed by atoms with van der Waals surface area (Å²) in [6, 6.07) is 11.5. The minimum atomic E-state index is -0.628. The normalized spacial score (nSPS) is 12.5. The molecule has 3 heteroatoms. The van der Waals surface area contributed by atoms with E-state index in [4.69, 9.17) is 11.6 Å². The SMILES string of the molecule is Cc1cc(C(O)c2cccc(Br)c2)cc(C)c1Cl. The number of halogens is 2. The zero-order valence-corrected chi connectivity index (χ0v) is 12.6. The van der Waals surface area contributed by atoms with Gasteiger partial charge >= 0.3 is 0 Å². The molecule has 0 aliphatic carbocycles. The van der Waals surface area contributed by atoms with E-state index in [2.05, 4.69) is 15.9 Å². The average molecular weight is 326 g/mol. The molecular weight excluding hydrogens is 312 g/mol. The molecule has 0 heterocycles. The van der Waals surface area contributed by atoms with E-state index in [1.165, 1.54) is 0 Å². The van der Waals surface area contributed by atoms with Gasteiger partial charge in [-0.3, -0.25) is 0 Å². The third-order valence-electron chi connectivity index (χ3n) is 2.94. The van der Waals surface area contributed by atoms with Crippen LogP contribution < -0.4 is 0 Å². The highest BCUT2D eigenvalue weighted by Crippen LogP contribution is 2.29. The number of aliphatic hydroxyl groups excluding tert-OH is 1. The summed E-state index contributed by atoms with van der Waals surface area (Å²) < 4.78 is 0.960. The predicted molar refractivity (Wildman–Crippen MR) is 79.1 cm³/mol. The third kappa shape index (κ3) is 2.77. The lowest BCUT2D eigenvalue weighted by atomic mass is 9.98. The lowest BCUT2D eigenvalue weighted by Crippen LogP contribution is -2.01. The van der Waals surface area contributed by atoms with Crippen LogP contribution in [0.15, 0.2) is 40.9 Å². The topological polar surface area (TPSA) is 20.2 Å². The molecule has 0 bridgehead atoms. The van der Waals surface area contributed by atoms with Crippen molar-refractivity contribution < 1.29 is 5.11 Å². The molecule has 2 aromatic carbocycles. The molecule has 0 radical (unpaired) electrons. The molecule has 0 spiro atoms. The summed E-state index contributed by atoms with van der Waals surface area (Å²) in [5.41, 5.74) is 3.71. The Morgan fingerprint density at radius 3 is 2.22 bits per heavy atom. The Hall–Kier alpha value is -0.830. The summed E-state index contributed by atoms with van der Waals surface area (Å²) in [6.07, 6.45) is -0.628. The third-order valence-corrected chi connectivity index (χ3v) is 4.03. The Bertz CT molecular complexity index is 557.